The first-order valence-corrected chi connectivity index (χ1v) is 6.41. The Morgan fingerprint density at radius 3 is 1.91 bits per heavy atom. The molecule has 0 radical (unpaired) electrons. The summed E-state index contributed by atoms with van der Waals surface area (Å²) >= 11 is 0. The molecule has 1 fully saturated rings. The molecule has 1 unspecified atom stereocenters. The molecule has 22 heavy (non-hydrogen) atoms. The molecular formula is C14H13NO7. The molecule has 1 heterocycles. The van der Waals surface area contributed by atoms with Crippen molar-refractivity contribution in [3.63, 3.8) is 0 Å². The third-order valence-electron chi connectivity index (χ3n) is 3.58. The van der Waals surface area contributed by atoms with Gasteiger partial charge in [-0.1, -0.05) is 0 Å². The lowest BCUT2D eigenvalue weighted by molar-refractivity contribution is -0.141. The van der Waals surface area contributed by atoms with E-state index in [0.717, 1.165) is 4.90 Å². The van der Waals surface area contributed by atoms with Gasteiger partial charge in [-0.2, -0.15) is 0 Å². The number of rotatable bonds is 4. The molecule has 0 bridgehead atoms. The molecule has 1 aromatic rings. The highest BCUT2D eigenvalue weighted by Gasteiger charge is 2.42. The Hall–Kier alpha value is -2.90. The summed E-state index contributed by atoms with van der Waals surface area (Å²) in [5.74, 6) is -5.12. The highest BCUT2D eigenvalue weighted by molar-refractivity contribution is 5.98. The molecule has 3 N–H and O–H groups in total. The minimum atomic E-state index is -1.26. The highest BCUT2D eigenvalue weighted by Crippen LogP contribution is 2.25. The third-order valence-corrected chi connectivity index (χ3v) is 3.58. The minimum absolute atomic E-state index is 0.00355. The lowest BCUT2D eigenvalue weighted by Crippen LogP contribution is -2.40. The van der Waals surface area contributed by atoms with Crippen LogP contribution < -0.4 is 0 Å². The van der Waals surface area contributed by atoms with Crippen LogP contribution in [0.15, 0.2) is 24.3 Å². The second kappa shape index (κ2) is 5.84. The van der Waals surface area contributed by atoms with E-state index in [2.05, 4.69) is 0 Å². The monoisotopic (exact) mass is 307 g/mol. The summed E-state index contributed by atoms with van der Waals surface area (Å²) < 4.78 is 0. The van der Waals surface area contributed by atoms with E-state index in [1.54, 1.807) is 0 Å². The Balaban J connectivity index is 2.24. The lowest BCUT2D eigenvalue weighted by Gasteiger charge is -2.21. The average molecular weight is 307 g/mol. The van der Waals surface area contributed by atoms with Crippen LogP contribution in [0.3, 0.4) is 0 Å². The Morgan fingerprint density at radius 2 is 1.45 bits per heavy atom. The minimum Gasteiger partial charge on any atom is -0.481 e. The van der Waals surface area contributed by atoms with E-state index in [4.69, 9.17) is 15.3 Å². The predicted octanol–water partition coefficient (Wildman–Crippen LogP) is 0.385. The average Bonchev–Trinajstić information content (AvgIpc) is 2.92. The molecule has 1 amide bonds. The van der Waals surface area contributed by atoms with Gasteiger partial charge < -0.3 is 20.2 Å². The number of carboxylic acid groups (broad SMARTS) is 3. The number of likely N-dealkylation sites (tertiary alicyclic amines) is 1. The zero-order valence-corrected chi connectivity index (χ0v) is 11.3. The fourth-order valence-electron chi connectivity index (χ4n) is 2.39. The van der Waals surface area contributed by atoms with Gasteiger partial charge in [0.25, 0.3) is 5.91 Å². The second-order valence-electron chi connectivity index (χ2n) is 4.96. The molecule has 116 valence electrons. The molecule has 0 spiro atoms. The highest BCUT2D eigenvalue weighted by atomic mass is 16.4. The maximum atomic E-state index is 12.3. The SMILES string of the molecule is O=C(O)c1ccc(C(=O)N2CC(C(=O)O)C[C@@H]2C(=O)O)cc1. The first-order chi connectivity index (χ1) is 10.3. The number of hydrogen-bond acceptors (Lipinski definition) is 4. The van der Waals surface area contributed by atoms with Gasteiger partial charge in [0.1, 0.15) is 6.04 Å². The summed E-state index contributed by atoms with van der Waals surface area (Å²) in [5, 5.41) is 26.9. The van der Waals surface area contributed by atoms with Crippen molar-refractivity contribution in [3.8, 4) is 0 Å². The number of aliphatic carboxylic acids is 2. The van der Waals surface area contributed by atoms with Gasteiger partial charge in [-0.3, -0.25) is 9.59 Å². The summed E-state index contributed by atoms with van der Waals surface area (Å²) in [6, 6.07) is 3.82. The fourth-order valence-corrected chi connectivity index (χ4v) is 2.39. The molecule has 2 atom stereocenters. The van der Waals surface area contributed by atoms with E-state index in [1.807, 2.05) is 0 Å². The maximum Gasteiger partial charge on any atom is 0.335 e. The molecule has 2 rings (SSSR count). The van der Waals surface area contributed by atoms with E-state index in [9.17, 15) is 19.2 Å². The lowest BCUT2D eigenvalue weighted by atomic mass is 10.1. The molecule has 0 aliphatic carbocycles. The van der Waals surface area contributed by atoms with Crippen molar-refractivity contribution in [3.05, 3.63) is 35.4 Å². The number of nitrogens with zero attached hydrogens (tertiary/aromatic N) is 1. The van der Waals surface area contributed by atoms with Gasteiger partial charge >= 0.3 is 17.9 Å². The van der Waals surface area contributed by atoms with Gasteiger partial charge in [-0.05, 0) is 30.7 Å². The number of carbonyl (C=O) groups is 4. The summed E-state index contributed by atoms with van der Waals surface area (Å²) in [5.41, 5.74) is 0.110. The molecule has 1 aliphatic rings. The Bertz CT molecular complexity index is 637. The van der Waals surface area contributed by atoms with Crippen molar-refractivity contribution < 1.29 is 34.5 Å². The van der Waals surface area contributed by atoms with Crippen LogP contribution >= 0.6 is 0 Å². The Kier molecular flexibility index (Phi) is 4.11. The van der Waals surface area contributed by atoms with Gasteiger partial charge in [-0.25, -0.2) is 9.59 Å². The number of hydrogen-bond donors (Lipinski definition) is 3. The summed E-state index contributed by atoms with van der Waals surface area (Å²) in [6.07, 6.45) is -0.149. The standard InChI is InChI=1S/C14H13NO7/c16-11(7-1-3-8(4-2-7)12(17)18)15-6-9(13(19)20)5-10(15)14(21)22/h1-4,9-10H,5-6H2,(H,17,18)(H,19,20)(H,21,22)/t9?,10-/m1/s1. The van der Waals surface area contributed by atoms with E-state index in [1.165, 1.54) is 24.3 Å². The zero-order valence-electron chi connectivity index (χ0n) is 11.3. The van der Waals surface area contributed by atoms with E-state index >= 15 is 0 Å². The number of carboxylic acids is 3. The molecule has 0 saturated carbocycles. The van der Waals surface area contributed by atoms with Crippen molar-refractivity contribution in [2.75, 3.05) is 6.54 Å². The molecule has 0 aromatic heterocycles. The summed E-state index contributed by atoms with van der Waals surface area (Å²) in [6.45, 7) is -0.189. The predicted molar refractivity (Wildman–Crippen MR) is 71.6 cm³/mol. The van der Waals surface area contributed by atoms with Crippen molar-refractivity contribution in [1.29, 1.82) is 0 Å². The maximum absolute atomic E-state index is 12.3. The van der Waals surface area contributed by atoms with Crippen LogP contribution in [0, 0.1) is 5.92 Å². The van der Waals surface area contributed by atoms with Gasteiger partial charge in [0, 0.05) is 12.1 Å². The van der Waals surface area contributed by atoms with Crippen LogP contribution in [-0.2, 0) is 9.59 Å². The molecule has 1 aromatic carbocycles. The topological polar surface area (TPSA) is 132 Å². The summed E-state index contributed by atoms with van der Waals surface area (Å²) in [4.78, 5) is 46.3. The van der Waals surface area contributed by atoms with Crippen molar-refractivity contribution >= 4 is 23.8 Å². The van der Waals surface area contributed by atoms with E-state index in [-0.39, 0.29) is 24.1 Å². The van der Waals surface area contributed by atoms with Gasteiger partial charge in [-0.15, -0.1) is 0 Å². The van der Waals surface area contributed by atoms with Crippen LogP contribution in [0.5, 0.6) is 0 Å². The largest absolute Gasteiger partial charge is 0.481 e. The van der Waals surface area contributed by atoms with Crippen molar-refractivity contribution in [2.45, 2.75) is 12.5 Å². The van der Waals surface area contributed by atoms with Crippen LogP contribution in [0.2, 0.25) is 0 Å². The quantitative estimate of drug-likeness (QED) is 0.732. The van der Waals surface area contributed by atoms with Crippen molar-refractivity contribution in [2.24, 2.45) is 5.92 Å². The molecule has 8 nitrogen and oxygen atoms in total. The van der Waals surface area contributed by atoms with Crippen LogP contribution in [0.25, 0.3) is 0 Å². The number of aromatic carboxylic acids is 1. The molecular weight excluding hydrogens is 294 g/mol. The fraction of sp³-hybridized carbons (Fsp3) is 0.286. The van der Waals surface area contributed by atoms with Gasteiger partial charge in [0.05, 0.1) is 11.5 Å². The molecule has 1 saturated heterocycles. The Morgan fingerprint density at radius 1 is 0.909 bits per heavy atom. The van der Waals surface area contributed by atoms with Crippen LogP contribution in [0.4, 0.5) is 0 Å². The zero-order chi connectivity index (χ0) is 16.4. The third kappa shape index (κ3) is 2.90. The Labute approximate surface area is 124 Å². The first-order valence-electron chi connectivity index (χ1n) is 6.41. The number of carbonyl (C=O) groups excluding carboxylic acids is 1. The van der Waals surface area contributed by atoms with E-state index < -0.39 is 35.8 Å². The van der Waals surface area contributed by atoms with Crippen LogP contribution in [-0.4, -0.2) is 56.6 Å². The first kappa shape index (κ1) is 15.5. The number of benzene rings is 1. The smallest absolute Gasteiger partial charge is 0.335 e. The second-order valence-corrected chi connectivity index (χ2v) is 4.96. The van der Waals surface area contributed by atoms with Gasteiger partial charge in [0.15, 0.2) is 0 Å². The molecule has 1 aliphatic heterocycles. The van der Waals surface area contributed by atoms with Gasteiger partial charge in [0.2, 0.25) is 0 Å². The molecule has 8 heteroatoms. The van der Waals surface area contributed by atoms with Crippen LogP contribution in [0.1, 0.15) is 27.1 Å². The normalized spacial score (nSPS) is 20.6. The van der Waals surface area contributed by atoms with Crippen molar-refractivity contribution in [1.82, 2.24) is 4.90 Å². The van der Waals surface area contributed by atoms with E-state index in [0.29, 0.717) is 0 Å². The summed E-state index contributed by atoms with van der Waals surface area (Å²) in [7, 11) is 0. The number of amides is 1.